The molecule has 0 atom stereocenters. The maximum atomic E-state index is 12.8. The Hall–Kier alpha value is -2.19. The van der Waals surface area contributed by atoms with Gasteiger partial charge in [-0.3, -0.25) is 19.3 Å². The van der Waals surface area contributed by atoms with Crippen molar-refractivity contribution >= 4 is 69.7 Å². The molecule has 0 aromatic heterocycles. The van der Waals surface area contributed by atoms with E-state index < -0.39 is 17.1 Å². The summed E-state index contributed by atoms with van der Waals surface area (Å²) in [4.78, 5) is 37.4. The molecule has 29 heavy (non-hydrogen) atoms. The van der Waals surface area contributed by atoms with Crippen molar-refractivity contribution in [3.05, 3.63) is 67.5 Å². The van der Waals surface area contributed by atoms with E-state index in [1.54, 1.807) is 36.4 Å². The van der Waals surface area contributed by atoms with Gasteiger partial charge in [-0.05, 0) is 48.2 Å². The molecule has 6 nitrogen and oxygen atoms in total. The first kappa shape index (κ1) is 21.5. The number of carbonyl (C=O) groups excluding carboxylic acids is 3. The summed E-state index contributed by atoms with van der Waals surface area (Å²) >= 11 is 19.1. The number of primary amides is 1. The van der Waals surface area contributed by atoms with Crippen molar-refractivity contribution in [3.63, 3.8) is 0 Å². The number of nitrogens with zero attached hydrogens (tertiary/aromatic N) is 1. The number of benzene rings is 2. The minimum atomic E-state index is -0.650. The molecule has 10 heteroatoms. The normalized spacial score (nSPS) is 15.3. The van der Waals surface area contributed by atoms with E-state index in [9.17, 15) is 14.4 Å². The molecule has 1 heterocycles. The fraction of sp³-hybridized carbons (Fsp3) is 0.105. The van der Waals surface area contributed by atoms with Gasteiger partial charge in [0.25, 0.3) is 17.1 Å². The van der Waals surface area contributed by atoms with Crippen LogP contribution in [0.15, 0.2) is 41.3 Å². The van der Waals surface area contributed by atoms with Gasteiger partial charge >= 0.3 is 0 Å². The predicted molar refractivity (Wildman–Crippen MR) is 114 cm³/mol. The van der Waals surface area contributed by atoms with Crippen LogP contribution in [0.2, 0.25) is 15.1 Å². The van der Waals surface area contributed by atoms with Crippen LogP contribution in [0, 0.1) is 0 Å². The fourth-order valence-electron chi connectivity index (χ4n) is 2.53. The summed E-state index contributed by atoms with van der Waals surface area (Å²) in [7, 11) is 0. The molecule has 2 aromatic rings. The van der Waals surface area contributed by atoms with Crippen LogP contribution >= 0.6 is 46.6 Å². The van der Waals surface area contributed by atoms with Gasteiger partial charge in [0, 0.05) is 26.2 Å². The van der Waals surface area contributed by atoms with E-state index in [4.69, 9.17) is 45.3 Å². The molecule has 3 amide bonds. The van der Waals surface area contributed by atoms with E-state index >= 15 is 0 Å². The molecule has 0 saturated carbocycles. The van der Waals surface area contributed by atoms with Gasteiger partial charge in [0.15, 0.2) is 6.61 Å². The first-order chi connectivity index (χ1) is 13.8. The van der Waals surface area contributed by atoms with Gasteiger partial charge in [-0.1, -0.05) is 40.9 Å². The first-order valence-corrected chi connectivity index (χ1v) is 10.1. The molecule has 0 bridgehead atoms. The molecule has 2 aromatic carbocycles. The van der Waals surface area contributed by atoms with Crippen LogP contribution in [-0.4, -0.2) is 28.6 Å². The Balaban J connectivity index is 1.89. The number of carbonyl (C=O) groups is 3. The topological polar surface area (TPSA) is 89.7 Å². The Morgan fingerprint density at radius 2 is 1.83 bits per heavy atom. The van der Waals surface area contributed by atoms with Crippen molar-refractivity contribution < 1.29 is 19.1 Å². The van der Waals surface area contributed by atoms with Crippen LogP contribution < -0.4 is 10.5 Å². The zero-order valence-corrected chi connectivity index (χ0v) is 17.7. The van der Waals surface area contributed by atoms with E-state index in [1.165, 1.54) is 6.08 Å². The molecule has 2 N–H and O–H groups in total. The average Bonchev–Trinajstić information content (AvgIpc) is 2.91. The third-order valence-corrected chi connectivity index (χ3v) is 5.73. The van der Waals surface area contributed by atoms with Gasteiger partial charge in [-0.15, -0.1) is 0 Å². The molecular weight excluding hydrogens is 459 g/mol. The molecule has 1 aliphatic heterocycles. The second-order valence-corrected chi connectivity index (χ2v) is 8.15. The summed E-state index contributed by atoms with van der Waals surface area (Å²) in [5.41, 5.74) is 6.01. The minimum Gasteiger partial charge on any atom is -0.483 e. The smallest absolute Gasteiger partial charge is 0.293 e. The lowest BCUT2D eigenvalue weighted by atomic mass is 10.1. The zero-order chi connectivity index (χ0) is 21.1. The highest BCUT2D eigenvalue weighted by Crippen LogP contribution is 2.37. The maximum Gasteiger partial charge on any atom is 0.293 e. The number of ether oxygens (including phenoxy) is 1. The lowest BCUT2D eigenvalue weighted by molar-refractivity contribution is -0.123. The first-order valence-electron chi connectivity index (χ1n) is 8.15. The molecule has 0 spiro atoms. The number of hydrogen-bond acceptors (Lipinski definition) is 5. The summed E-state index contributed by atoms with van der Waals surface area (Å²) in [5, 5.41) is 0.652. The number of hydrogen-bond donors (Lipinski definition) is 1. The van der Waals surface area contributed by atoms with Crippen molar-refractivity contribution in [2.75, 3.05) is 6.61 Å². The maximum absolute atomic E-state index is 12.8. The van der Waals surface area contributed by atoms with E-state index in [0.717, 1.165) is 16.7 Å². The third kappa shape index (κ3) is 5.05. The van der Waals surface area contributed by atoms with Gasteiger partial charge in [0.2, 0.25) is 0 Å². The molecule has 0 radical (unpaired) electrons. The minimum absolute atomic E-state index is 0.0545. The predicted octanol–water partition coefficient (Wildman–Crippen LogP) is 4.75. The van der Waals surface area contributed by atoms with Crippen LogP contribution in [0.25, 0.3) is 6.08 Å². The molecule has 1 aliphatic rings. The van der Waals surface area contributed by atoms with Crippen molar-refractivity contribution in [2.45, 2.75) is 6.54 Å². The van der Waals surface area contributed by atoms with Crippen molar-refractivity contribution in [2.24, 2.45) is 5.73 Å². The Morgan fingerprint density at radius 1 is 1.14 bits per heavy atom. The number of rotatable bonds is 6. The Kier molecular flexibility index (Phi) is 6.74. The number of halogens is 3. The standard InChI is InChI=1S/C19H13Cl3N2O4S/c20-11-4-5-15(28-9-17(23)25)10(6-11)7-16-18(26)24(19(27)29-16)8-12-13(21)2-1-3-14(12)22/h1-7H,8-9H2,(H2,23,25)/b16-7-. The van der Waals surface area contributed by atoms with Crippen molar-refractivity contribution in [1.29, 1.82) is 0 Å². The largest absolute Gasteiger partial charge is 0.483 e. The average molecular weight is 472 g/mol. The number of imide groups is 1. The second-order valence-electron chi connectivity index (χ2n) is 5.91. The Labute approximate surface area is 185 Å². The van der Waals surface area contributed by atoms with Gasteiger partial charge in [-0.25, -0.2) is 0 Å². The quantitative estimate of drug-likeness (QED) is 0.614. The lowest BCUT2D eigenvalue weighted by Crippen LogP contribution is -2.27. The van der Waals surface area contributed by atoms with E-state index in [0.29, 0.717) is 31.9 Å². The van der Waals surface area contributed by atoms with Crippen LogP contribution in [0.4, 0.5) is 4.79 Å². The highest BCUT2D eigenvalue weighted by molar-refractivity contribution is 8.18. The number of thioether (sulfide) groups is 1. The molecule has 0 unspecified atom stereocenters. The number of nitrogens with two attached hydrogens (primary N) is 1. The van der Waals surface area contributed by atoms with E-state index in [2.05, 4.69) is 0 Å². The highest BCUT2D eigenvalue weighted by atomic mass is 35.5. The summed E-state index contributed by atoms with van der Waals surface area (Å²) in [6.45, 7) is -0.393. The zero-order valence-electron chi connectivity index (χ0n) is 14.7. The summed E-state index contributed by atoms with van der Waals surface area (Å²) in [6, 6.07) is 9.61. The van der Waals surface area contributed by atoms with Crippen LogP contribution in [0.5, 0.6) is 5.75 Å². The van der Waals surface area contributed by atoms with Gasteiger partial charge in [0.05, 0.1) is 11.4 Å². The molecule has 150 valence electrons. The lowest BCUT2D eigenvalue weighted by Gasteiger charge is -2.14. The number of amides is 3. The Bertz CT molecular complexity index is 1020. The van der Waals surface area contributed by atoms with E-state index in [-0.39, 0.29) is 18.1 Å². The highest BCUT2D eigenvalue weighted by Gasteiger charge is 2.36. The second kappa shape index (κ2) is 9.09. The van der Waals surface area contributed by atoms with Crippen LogP contribution in [0.3, 0.4) is 0 Å². The van der Waals surface area contributed by atoms with Crippen LogP contribution in [0.1, 0.15) is 11.1 Å². The monoisotopic (exact) mass is 470 g/mol. The van der Waals surface area contributed by atoms with Gasteiger partial charge in [-0.2, -0.15) is 0 Å². The summed E-state index contributed by atoms with van der Waals surface area (Å²) in [5.74, 6) is -0.853. The van der Waals surface area contributed by atoms with Gasteiger partial charge in [0.1, 0.15) is 5.75 Å². The van der Waals surface area contributed by atoms with Crippen molar-refractivity contribution in [1.82, 2.24) is 4.90 Å². The third-order valence-electron chi connectivity index (χ3n) is 3.88. The fourth-order valence-corrected chi connectivity index (χ4v) is 4.06. The van der Waals surface area contributed by atoms with Crippen LogP contribution in [-0.2, 0) is 16.1 Å². The molecular formula is C19H13Cl3N2O4S. The van der Waals surface area contributed by atoms with Crippen molar-refractivity contribution in [3.8, 4) is 5.75 Å². The summed E-state index contributed by atoms with van der Waals surface area (Å²) in [6.07, 6.45) is 1.47. The molecule has 0 aliphatic carbocycles. The van der Waals surface area contributed by atoms with E-state index in [1.807, 2.05) is 0 Å². The molecule has 1 saturated heterocycles. The molecule has 3 rings (SSSR count). The van der Waals surface area contributed by atoms with Gasteiger partial charge < -0.3 is 10.5 Å². The summed E-state index contributed by atoms with van der Waals surface area (Å²) < 4.78 is 5.35. The SMILES string of the molecule is NC(=O)COc1ccc(Cl)cc1/C=C1\SC(=O)N(Cc2c(Cl)cccc2Cl)C1=O. The Morgan fingerprint density at radius 3 is 2.48 bits per heavy atom. The molecule has 1 fully saturated rings.